The van der Waals surface area contributed by atoms with Crippen molar-refractivity contribution in [3.63, 3.8) is 0 Å². The average molecular weight is 414 g/mol. The van der Waals surface area contributed by atoms with E-state index < -0.39 is 15.9 Å². The standard InChI is InChI=1S/C20H22N4O4S/c1-15-9-11-17(12-10-15)24(29(3,26)27)14-19(25)23(2)13-18-21-20(22-28-18)16-7-5-4-6-8-16/h4-12H,13-14H2,1-3H3. The molecule has 1 heterocycles. The summed E-state index contributed by atoms with van der Waals surface area (Å²) in [6.45, 7) is 1.66. The van der Waals surface area contributed by atoms with E-state index in [-0.39, 0.29) is 19.0 Å². The quantitative estimate of drug-likeness (QED) is 0.589. The molecule has 0 unspecified atom stereocenters. The van der Waals surface area contributed by atoms with Gasteiger partial charge >= 0.3 is 0 Å². The van der Waals surface area contributed by atoms with E-state index in [2.05, 4.69) is 10.1 Å². The molecule has 1 amide bonds. The number of rotatable bonds is 7. The Hall–Kier alpha value is -3.20. The maximum Gasteiger partial charge on any atom is 0.246 e. The fraction of sp³-hybridized carbons (Fsp3) is 0.250. The zero-order valence-corrected chi connectivity index (χ0v) is 17.3. The molecule has 0 atom stereocenters. The highest BCUT2D eigenvalue weighted by molar-refractivity contribution is 7.92. The van der Waals surface area contributed by atoms with E-state index in [9.17, 15) is 13.2 Å². The molecule has 0 bridgehead atoms. The van der Waals surface area contributed by atoms with E-state index in [1.165, 1.54) is 4.90 Å². The Bertz CT molecular complexity index is 1080. The smallest absolute Gasteiger partial charge is 0.246 e. The Labute approximate surface area is 169 Å². The van der Waals surface area contributed by atoms with E-state index in [0.717, 1.165) is 21.7 Å². The summed E-state index contributed by atoms with van der Waals surface area (Å²) >= 11 is 0. The summed E-state index contributed by atoms with van der Waals surface area (Å²) < 4.78 is 30.7. The molecule has 0 aliphatic carbocycles. The van der Waals surface area contributed by atoms with Crippen LogP contribution in [0.25, 0.3) is 11.4 Å². The van der Waals surface area contributed by atoms with Gasteiger partial charge in [0.2, 0.25) is 27.6 Å². The average Bonchev–Trinajstić information content (AvgIpc) is 3.15. The molecular formula is C20H22N4O4S. The predicted molar refractivity (Wildman–Crippen MR) is 110 cm³/mol. The number of hydrogen-bond donors (Lipinski definition) is 0. The van der Waals surface area contributed by atoms with Crippen LogP contribution < -0.4 is 4.31 Å². The number of aryl methyl sites for hydroxylation is 1. The van der Waals surface area contributed by atoms with Gasteiger partial charge in [0.15, 0.2) is 0 Å². The van der Waals surface area contributed by atoms with Gasteiger partial charge in [0.1, 0.15) is 6.54 Å². The molecule has 0 saturated heterocycles. The molecule has 3 rings (SSSR count). The molecule has 0 N–H and O–H groups in total. The van der Waals surface area contributed by atoms with Gasteiger partial charge in [0, 0.05) is 12.6 Å². The number of sulfonamides is 1. The number of nitrogens with zero attached hydrogens (tertiary/aromatic N) is 4. The van der Waals surface area contributed by atoms with Crippen LogP contribution in [-0.4, -0.2) is 49.2 Å². The zero-order chi connectivity index (χ0) is 21.0. The van der Waals surface area contributed by atoms with Crippen molar-refractivity contribution in [3.8, 4) is 11.4 Å². The van der Waals surface area contributed by atoms with Crippen molar-refractivity contribution in [3.05, 3.63) is 66.1 Å². The van der Waals surface area contributed by atoms with Gasteiger partial charge in [0.05, 0.1) is 18.5 Å². The molecule has 1 aromatic heterocycles. The van der Waals surface area contributed by atoms with Gasteiger partial charge in [-0.2, -0.15) is 4.98 Å². The monoisotopic (exact) mass is 414 g/mol. The summed E-state index contributed by atoms with van der Waals surface area (Å²) in [6.07, 6.45) is 1.07. The second kappa shape index (κ2) is 8.44. The number of benzene rings is 2. The minimum atomic E-state index is -3.63. The molecule has 0 aliphatic rings. The summed E-state index contributed by atoms with van der Waals surface area (Å²) in [6, 6.07) is 16.3. The van der Waals surface area contributed by atoms with E-state index in [0.29, 0.717) is 11.5 Å². The highest BCUT2D eigenvalue weighted by Crippen LogP contribution is 2.19. The Morgan fingerprint density at radius 3 is 2.34 bits per heavy atom. The SMILES string of the molecule is Cc1ccc(N(CC(=O)N(C)Cc2nc(-c3ccccc3)no2)S(C)(=O)=O)cc1. The molecule has 9 heteroatoms. The van der Waals surface area contributed by atoms with Crippen LogP contribution >= 0.6 is 0 Å². The van der Waals surface area contributed by atoms with Gasteiger partial charge in [-0.25, -0.2) is 8.42 Å². The maximum absolute atomic E-state index is 12.7. The first-order valence-electron chi connectivity index (χ1n) is 8.90. The lowest BCUT2D eigenvalue weighted by atomic mass is 10.2. The van der Waals surface area contributed by atoms with E-state index >= 15 is 0 Å². The second-order valence-electron chi connectivity index (χ2n) is 6.73. The first kappa shape index (κ1) is 20.5. The minimum absolute atomic E-state index is 0.0736. The minimum Gasteiger partial charge on any atom is -0.337 e. The van der Waals surface area contributed by atoms with Crippen LogP contribution in [-0.2, 0) is 21.4 Å². The first-order valence-corrected chi connectivity index (χ1v) is 10.8. The van der Waals surface area contributed by atoms with Crippen molar-refractivity contribution < 1.29 is 17.7 Å². The third kappa shape index (κ3) is 5.20. The molecule has 2 aromatic carbocycles. The Kier molecular flexibility index (Phi) is 5.97. The number of anilines is 1. The molecule has 0 saturated carbocycles. The fourth-order valence-corrected chi connectivity index (χ4v) is 3.52. The van der Waals surface area contributed by atoms with Crippen LogP contribution in [0.2, 0.25) is 0 Å². The second-order valence-corrected chi connectivity index (χ2v) is 8.64. The first-order chi connectivity index (χ1) is 13.7. The van der Waals surface area contributed by atoms with Crippen molar-refractivity contribution in [1.82, 2.24) is 15.0 Å². The summed E-state index contributed by atoms with van der Waals surface area (Å²) in [5.74, 6) is 0.301. The van der Waals surface area contributed by atoms with Crippen molar-refractivity contribution in [2.24, 2.45) is 0 Å². The number of carbonyl (C=O) groups excluding carboxylic acids is 1. The Morgan fingerprint density at radius 1 is 1.07 bits per heavy atom. The van der Waals surface area contributed by atoms with Crippen molar-refractivity contribution in [1.29, 1.82) is 0 Å². The molecule has 3 aromatic rings. The number of aromatic nitrogens is 2. The Balaban J connectivity index is 1.70. The molecule has 0 radical (unpaired) electrons. The van der Waals surface area contributed by atoms with Gasteiger partial charge in [-0.1, -0.05) is 53.2 Å². The fourth-order valence-electron chi connectivity index (χ4n) is 2.67. The molecule has 0 fully saturated rings. The van der Waals surface area contributed by atoms with Gasteiger partial charge in [-0.3, -0.25) is 9.10 Å². The lowest BCUT2D eigenvalue weighted by Crippen LogP contribution is -2.41. The lowest BCUT2D eigenvalue weighted by molar-refractivity contribution is -0.129. The summed E-state index contributed by atoms with van der Waals surface area (Å²) in [5, 5.41) is 3.92. The van der Waals surface area contributed by atoms with Crippen LogP contribution in [0.5, 0.6) is 0 Å². The largest absolute Gasteiger partial charge is 0.337 e. The molecule has 152 valence electrons. The summed E-state index contributed by atoms with van der Waals surface area (Å²) in [5.41, 5.74) is 2.24. The summed E-state index contributed by atoms with van der Waals surface area (Å²) in [4.78, 5) is 18.3. The molecule has 0 spiro atoms. The molecule has 29 heavy (non-hydrogen) atoms. The van der Waals surface area contributed by atoms with Crippen molar-refractivity contribution in [2.75, 3.05) is 24.2 Å². The normalized spacial score (nSPS) is 11.3. The molecular weight excluding hydrogens is 392 g/mol. The van der Waals surface area contributed by atoms with E-state index in [4.69, 9.17) is 4.52 Å². The number of amides is 1. The van der Waals surface area contributed by atoms with Gasteiger partial charge in [-0.05, 0) is 19.1 Å². The highest BCUT2D eigenvalue weighted by atomic mass is 32.2. The van der Waals surface area contributed by atoms with Gasteiger partial charge < -0.3 is 9.42 Å². The third-order valence-electron chi connectivity index (χ3n) is 4.30. The van der Waals surface area contributed by atoms with Crippen LogP contribution in [0.3, 0.4) is 0 Å². The molecule has 8 nitrogen and oxygen atoms in total. The topological polar surface area (TPSA) is 96.6 Å². The van der Waals surface area contributed by atoms with Gasteiger partial charge in [0.25, 0.3) is 0 Å². The van der Waals surface area contributed by atoms with E-state index in [1.54, 1.807) is 31.3 Å². The molecule has 0 aliphatic heterocycles. The lowest BCUT2D eigenvalue weighted by Gasteiger charge is -2.24. The number of carbonyl (C=O) groups is 1. The van der Waals surface area contributed by atoms with Crippen LogP contribution in [0, 0.1) is 6.92 Å². The van der Waals surface area contributed by atoms with Gasteiger partial charge in [-0.15, -0.1) is 0 Å². The van der Waals surface area contributed by atoms with Crippen molar-refractivity contribution >= 4 is 21.6 Å². The number of hydrogen-bond acceptors (Lipinski definition) is 6. The highest BCUT2D eigenvalue weighted by Gasteiger charge is 2.23. The van der Waals surface area contributed by atoms with E-state index in [1.807, 2.05) is 37.3 Å². The third-order valence-corrected chi connectivity index (χ3v) is 5.44. The van der Waals surface area contributed by atoms with Crippen LogP contribution in [0.1, 0.15) is 11.5 Å². The predicted octanol–water partition coefficient (Wildman–Crippen LogP) is 2.47. The number of likely N-dealkylation sites (N-methyl/N-ethyl adjacent to an activating group) is 1. The maximum atomic E-state index is 12.7. The van der Waals surface area contributed by atoms with Crippen molar-refractivity contribution in [2.45, 2.75) is 13.5 Å². The van der Waals surface area contributed by atoms with Crippen LogP contribution in [0.15, 0.2) is 59.1 Å². The van der Waals surface area contributed by atoms with Crippen LogP contribution in [0.4, 0.5) is 5.69 Å². The summed E-state index contributed by atoms with van der Waals surface area (Å²) in [7, 11) is -2.07. The zero-order valence-electron chi connectivity index (χ0n) is 16.4. The Morgan fingerprint density at radius 2 is 1.72 bits per heavy atom.